The Morgan fingerprint density at radius 3 is 3.00 bits per heavy atom. The van der Waals surface area contributed by atoms with Crippen molar-refractivity contribution in [3.05, 3.63) is 78.0 Å². The predicted molar refractivity (Wildman–Crippen MR) is 108 cm³/mol. The van der Waals surface area contributed by atoms with Gasteiger partial charge in [-0.1, -0.05) is 29.8 Å². The molecule has 138 valence electrons. The summed E-state index contributed by atoms with van der Waals surface area (Å²) in [5.74, 6) is 1.81. The van der Waals surface area contributed by atoms with Crippen LogP contribution in [0.3, 0.4) is 0 Å². The van der Waals surface area contributed by atoms with Crippen molar-refractivity contribution in [2.45, 2.75) is 31.7 Å². The molecule has 6 heteroatoms. The van der Waals surface area contributed by atoms with E-state index in [0.717, 1.165) is 43.0 Å². The molecule has 0 radical (unpaired) electrons. The van der Waals surface area contributed by atoms with E-state index in [2.05, 4.69) is 44.6 Å². The van der Waals surface area contributed by atoms with Gasteiger partial charge in [0, 0.05) is 30.6 Å². The third-order valence-electron chi connectivity index (χ3n) is 5.89. The van der Waals surface area contributed by atoms with Gasteiger partial charge in [-0.25, -0.2) is 9.97 Å². The van der Waals surface area contributed by atoms with Gasteiger partial charge in [0.15, 0.2) is 5.65 Å². The largest absolute Gasteiger partial charge is 0.367 e. The number of anilines is 1. The lowest BCUT2D eigenvalue weighted by molar-refractivity contribution is 0.629. The van der Waals surface area contributed by atoms with Crippen molar-refractivity contribution >= 4 is 17.0 Å². The molecule has 3 aromatic heterocycles. The number of rotatable bonds is 3. The highest BCUT2D eigenvalue weighted by molar-refractivity contribution is 5.77. The van der Waals surface area contributed by atoms with Crippen LogP contribution in [-0.2, 0) is 6.42 Å². The van der Waals surface area contributed by atoms with E-state index in [4.69, 9.17) is 0 Å². The Hall–Kier alpha value is -3.41. The molecule has 1 unspecified atom stereocenters. The zero-order valence-electron chi connectivity index (χ0n) is 15.4. The number of fused-ring (bicyclic) bond motifs is 3. The molecule has 0 saturated heterocycles. The van der Waals surface area contributed by atoms with Crippen molar-refractivity contribution in [1.29, 1.82) is 0 Å². The van der Waals surface area contributed by atoms with Gasteiger partial charge in [0.1, 0.15) is 18.0 Å². The molecule has 0 aliphatic heterocycles. The first-order valence-corrected chi connectivity index (χ1v) is 9.74. The van der Waals surface area contributed by atoms with Crippen LogP contribution in [0.15, 0.2) is 66.9 Å². The molecule has 2 aliphatic carbocycles. The number of hydrogen-bond donors (Lipinski definition) is 1. The summed E-state index contributed by atoms with van der Waals surface area (Å²) in [5.41, 5.74) is 6.92. The Balaban J connectivity index is 1.33. The van der Waals surface area contributed by atoms with Crippen molar-refractivity contribution in [2.24, 2.45) is 0 Å². The SMILES string of the molecule is c1ccc2c(c1)CC1=C2CC(Nc2cc(-n3ccnc3)nc3ccnn23)CC1. The lowest BCUT2D eigenvalue weighted by atomic mass is 9.88. The number of aromatic nitrogens is 5. The van der Waals surface area contributed by atoms with Gasteiger partial charge in [0.2, 0.25) is 0 Å². The zero-order chi connectivity index (χ0) is 18.5. The van der Waals surface area contributed by atoms with Gasteiger partial charge in [-0.15, -0.1) is 0 Å². The van der Waals surface area contributed by atoms with Gasteiger partial charge in [0.05, 0.1) is 6.20 Å². The van der Waals surface area contributed by atoms with Crippen LogP contribution < -0.4 is 5.32 Å². The van der Waals surface area contributed by atoms with Crippen LogP contribution in [0.4, 0.5) is 5.82 Å². The second kappa shape index (κ2) is 6.05. The van der Waals surface area contributed by atoms with Gasteiger partial charge in [-0.3, -0.25) is 4.57 Å². The third kappa shape index (κ3) is 2.45. The summed E-state index contributed by atoms with van der Waals surface area (Å²) in [6.45, 7) is 0. The smallest absolute Gasteiger partial charge is 0.159 e. The summed E-state index contributed by atoms with van der Waals surface area (Å²) in [6, 6.07) is 13.2. The van der Waals surface area contributed by atoms with E-state index in [9.17, 15) is 0 Å². The molecule has 6 nitrogen and oxygen atoms in total. The van der Waals surface area contributed by atoms with E-state index >= 15 is 0 Å². The van der Waals surface area contributed by atoms with Crippen LogP contribution in [0, 0.1) is 0 Å². The topological polar surface area (TPSA) is 60.0 Å². The van der Waals surface area contributed by atoms with Gasteiger partial charge in [-0.2, -0.15) is 9.61 Å². The summed E-state index contributed by atoms with van der Waals surface area (Å²) >= 11 is 0. The molecule has 1 aromatic carbocycles. The summed E-state index contributed by atoms with van der Waals surface area (Å²) in [5, 5.41) is 8.21. The van der Waals surface area contributed by atoms with Crippen molar-refractivity contribution in [3.63, 3.8) is 0 Å². The van der Waals surface area contributed by atoms with Crippen LogP contribution in [0.5, 0.6) is 0 Å². The molecule has 0 amide bonds. The fourth-order valence-electron chi connectivity index (χ4n) is 4.55. The Kier molecular flexibility index (Phi) is 3.38. The first-order chi connectivity index (χ1) is 13.8. The highest BCUT2D eigenvalue weighted by Crippen LogP contribution is 2.42. The Morgan fingerprint density at radius 2 is 2.07 bits per heavy atom. The standard InChI is InChI=1S/C22H20N6/c1-2-4-18-15(3-1)11-16-5-6-17(12-19(16)18)25-22-13-21(27-10-9-23-14-27)26-20-7-8-24-28(20)22/h1-4,7-10,13-14,17,25H,5-6,11-12H2. The maximum Gasteiger partial charge on any atom is 0.159 e. The minimum absolute atomic E-state index is 0.385. The van der Waals surface area contributed by atoms with Gasteiger partial charge in [-0.05, 0) is 42.4 Å². The quantitative estimate of drug-likeness (QED) is 0.596. The van der Waals surface area contributed by atoms with E-state index in [1.807, 2.05) is 27.4 Å². The number of nitrogens with one attached hydrogen (secondary N) is 1. The molecule has 4 aromatic rings. The average Bonchev–Trinajstić information content (AvgIpc) is 3.47. The number of allylic oxidation sites excluding steroid dienone is 1. The summed E-state index contributed by atoms with van der Waals surface area (Å²) in [6.07, 6.45) is 11.7. The van der Waals surface area contributed by atoms with Crippen molar-refractivity contribution in [2.75, 3.05) is 5.32 Å². The van der Waals surface area contributed by atoms with Crippen LogP contribution in [0.1, 0.15) is 30.4 Å². The third-order valence-corrected chi connectivity index (χ3v) is 5.89. The van der Waals surface area contributed by atoms with E-state index in [-0.39, 0.29) is 0 Å². The number of imidazole rings is 1. The minimum atomic E-state index is 0.385. The fraction of sp³-hybridized carbons (Fsp3) is 0.227. The molecule has 0 saturated carbocycles. The average molecular weight is 368 g/mol. The molecular weight excluding hydrogens is 348 g/mol. The number of nitrogens with zero attached hydrogens (tertiary/aromatic N) is 5. The Bertz CT molecular complexity index is 1200. The molecule has 1 atom stereocenters. The lowest BCUT2D eigenvalue weighted by Gasteiger charge is -2.26. The monoisotopic (exact) mass is 368 g/mol. The van der Waals surface area contributed by atoms with Crippen molar-refractivity contribution < 1.29 is 0 Å². The molecule has 6 rings (SSSR count). The van der Waals surface area contributed by atoms with E-state index in [1.54, 1.807) is 29.9 Å². The highest BCUT2D eigenvalue weighted by atomic mass is 15.3. The van der Waals surface area contributed by atoms with E-state index in [0.29, 0.717) is 6.04 Å². The molecule has 3 heterocycles. The van der Waals surface area contributed by atoms with E-state index in [1.165, 1.54) is 11.1 Å². The Morgan fingerprint density at radius 1 is 1.11 bits per heavy atom. The second-order valence-electron chi connectivity index (χ2n) is 7.57. The van der Waals surface area contributed by atoms with Gasteiger partial charge >= 0.3 is 0 Å². The molecular formula is C22H20N6. The first-order valence-electron chi connectivity index (χ1n) is 9.74. The number of hydrogen-bond acceptors (Lipinski definition) is 4. The van der Waals surface area contributed by atoms with Crippen molar-refractivity contribution in [3.8, 4) is 5.82 Å². The van der Waals surface area contributed by atoms with Gasteiger partial charge < -0.3 is 5.32 Å². The molecule has 28 heavy (non-hydrogen) atoms. The summed E-state index contributed by atoms with van der Waals surface area (Å²) < 4.78 is 3.81. The van der Waals surface area contributed by atoms with Crippen LogP contribution in [-0.4, -0.2) is 30.2 Å². The molecule has 2 aliphatic rings. The fourth-order valence-corrected chi connectivity index (χ4v) is 4.55. The van der Waals surface area contributed by atoms with Crippen LogP contribution >= 0.6 is 0 Å². The summed E-state index contributed by atoms with van der Waals surface area (Å²) in [4.78, 5) is 8.83. The van der Waals surface area contributed by atoms with E-state index < -0.39 is 0 Å². The van der Waals surface area contributed by atoms with Crippen LogP contribution in [0.25, 0.3) is 17.0 Å². The molecule has 0 bridgehead atoms. The van der Waals surface area contributed by atoms with Crippen LogP contribution in [0.2, 0.25) is 0 Å². The molecule has 0 fully saturated rings. The normalized spacial score (nSPS) is 18.4. The highest BCUT2D eigenvalue weighted by Gasteiger charge is 2.28. The summed E-state index contributed by atoms with van der Waals surface area (Å²) in [7, 11) is 0. The molecule has 1 N–H and O–H groups in total. The van der Waals surface area contributed by atoms with Crippen molar-refractivity contribution in [1.82, 2.24) is 24.1 Å². The number of benzene rings is 1. The maximum absolute atomic E-state index is 4.69. The molecule has 0 spiro atoms. The minimum Gasteiger partial charge on any atom is -0.367 e. The lowest BCUT2D eigenvalue weighted by Crippen LogP contribution is -2.24. The first kappa shape index (κ1) is 15.6. The Labute approximate surface area is 162 Å². The van der Waals surface area contributed by atoms with Gasteiger partial charge in [0.25, 0.3) is 0 Å². The zero-order valence-corrected chi connectivity index (χ0v) is 15.4. The predicted octanol–water partition coefficient (Wildman–Crippen LogP) is 3.89. The maximum atomic E-state index is 4.69. The second-order valence-corrected chi connectivity index (χ2v) is 7.57.